The van der Waals surface area contributed by atoms with Gasteiger partial charge in [-0.15, -0.1) is 0 Å². The molecule has 28 heavy (non-hydrogen) atoms. The number of para-hydroxylation sites is 1. The zero-order chi connectivity index (χ0) is 19.5. The highest BCUT2D eigenvalue weighted by Crippen LogP contribution is 2.23. The van der Waals surface area contributed by atoms with E-state index in [4.69, 9.17) is 11.6 Å². The van der Waals surface area contributed by atoms with Crippen LogP contribution in [-0.4, -0.2) is 20.9 Å². The number of anilines is 3. The van der Waals surface area contributed by atoms with Crippen molar-refractivity contribution in [1.29, 1.82) is 0 Å². The van der Waals surface area contributed by atoms with Gasteiger partial charge in [-0.05, 0) is 48.9 Å². The predicted molar refractivity (Wildman–Crippen MR) is 111 cm³/mol. The molecule has 0 atom stereocenters. The van der Waals surface area contributed by atoms with Gasteiger partial charge < -0.3 is 10.6 Å². The number of hydrogen-bond donors (Lipinski definition) is 2. The Kier molecular flexibility index (Phi) is 4.87. The number of amides is 1. The van der Waals surface area contributed by atoms with Gasteiger partial charge >= 0.3 is 0 Å². The van der Waals surface area contributed by atoms with Crippen molar-refractivity contribution in [3.63, 3.8) is 0 Å². The summed E-state index contributed by atoms with van der Waals surface area (Å²) in [4.78, 5) is 25.6. The number of benzene rings is 2. The zero-order valence-electron chi connectivity index (χ0n) is 15.0. The third-order valence-corrected chi connectivity index (χ3v) is 4.44. The van der Waals surface area contributed by atoms with E-state index in [0.29, 0.717) is 16.7 Å². The van der Waals surface area contributed by atoms with Crippen LogP contribution < -0.4 is 10.6 Å². The van der Waals surface area contributed by atoms with Crippen molar-refractivity contribution < 1.29 is 4.79 Å². The minimum atomic E-state index is -0.337. The van der Waals surface area contributed by atoms with Gasteiger partial charge in [-0.1, -0.05) is 29.8 Å². The van der Waals surface area contributed by atoms with E-state index in [1.807, 2.05) is 49.4 Å². The van der Waals surface area contributed by atoms with Crippen LogP contribution in [0.1, 0.15) is 16.1 Å². The maximum Gasteiger partial charge on any atom is 0.274 e. The number of nitrogens with one attached hydrogen (secondary N) is 2. The number of halogens is 1. The van der Waals surface area contributed by atoms with E-state index in [9.17, 15) is 4.79 Å². The molecule has 2 N–H and O–H groups in total. The Morgan fingerprint density at radius 3 is 2.68 bits per heavy atom. The van der Waals surface area contributed by atoms with Crippen molar-refractivity contribution in [3.8, 4) is 0 Å². The standard InChI is InChI=1S/C21H16ClN5O/c1-13-12-15(22)7-8-16(13)26-21-24-11-9-18(27-21)20(28)25-17-6-2-4-14-5-3-10-23-19(14)17/h2-12H,1H3,(H,25,28)(H,24,26,27). The van der Waals surface area contributed by atoms with Crippen molar-refractivity contribution in [1.82, 2.24) is 15.0 Å². The number of aromatic nitrogens is 3. The molecule has 0 fully saturated rings. The normalized spacial score (nSPS) is 10.6. The maximum absolute atomic E-state index is 12.7. The molecular formula is C21H16ClN5O. The lowest BCUT2D eigenvalue weighted by atomic mass is 10.2. The Balaban J connectivity index is 1.57. The van der Waals surface area contributed by atoms with Gasteiger partial charge in [0.15, 0.2) is 0 Å². The summed E-state index contributed by atoms with van der Waals surface area (Å²) in [5.74, 6) is -0.00875. The number of carbonyl (C=O) groups excluding carboxylic acids is 1. The highest BCUT2D eigenvalue weighted by atomic mass is 35.5. The molecule has 0 spiro atoms. The fourth-order valence-corrected chi connectivity index (χ4v) is 3.05. The molecule has 2 aromatic carbocycles. The van der Waals surface area contributed by atoms with Crippen LogP contribution in [0.4, 0.5) is 17.3 Å². The average molecular weight is 390 g/mol. The molecule has 0 bridgehead atoms. The van der Waals surface area contributed by atoms with Crippen LogP contribution in [0, 0.1) is 6.92 Å². The molecule has 0 saturated heterocycles. The van der Waals surface area contributed by atoms with E-state index in [0.717, 1.165) is 22.2 Å². The molecule has 0 aliphatic rings. The number of aryl methyl sites for hydroxylation is 1. The van der Waals surface area contributed by atoms with E-state index < -0.39 is 0 Å². The molecule has 0 radical (unpaired) electrons. The van der Waals surface area contributed by atoms with E-state index in [1.165, 1.54) is 6.20 Å². The zero-order valence-corrected chi connectivity index (χ0v) is 15.7. The van der Waals surface area contributed by atoms with Gasteiger partial charge in [0.2, 0.25) is 5.95 Å². The lowest BCUT2D eigenvalue weighted by Crippen LogP contribution is -2.15. The van der Waals surface area contributed by atoms with Crippen LogP contribution in [0.25, 0.3) is 10.9 Å². The quantitative estimate of drug-likeness (QED) is 0.514. The fourth-order valence-electron chi connectivity index (χ4n) is 2.82. The molecule has 0 saturated carbocycles. The maximum atomic E-state index is 12.7. The van der Waals surface area contributed by atoms with E-state index in [2.05, 4.69) is 25.6 Å². The van der Waals surface area contributed by atoms with Gasteiger partial charge in [0, 0.05) is 28.5 Å². The first-order chi connectivity index (χ1) is 13.6. The van der Waals surface area contributed by atoms with Crippen LogP contribution in [-0.2, 0) is 0 Å². The molecule has 0 unspecified atom stereocenters. The molecule has 6 nitrogen and oxygen atoms in total. The highest BCUT2D eigenvalue weighted by Gasteiger charge is 2.12. The van der Waals surface area contributed by atoms with Crippen molar-refractivity contribution in [2.45, 2.75) is 6.92 Å². The van der Waals surface area contributed by atoms with Crippen molar-refractivity contribution in [2.24, 2.45) is 0 Å². The second kappa shape index (κ2) is 7.62. The SMILES string of the molecule is Cc1cc(Cl)ccc1Nc1nccc(C(=O)Nc2cccc3cccnc23)n1. The summed E-state index contributed by atoms with van der Waals surface area (Å²) in [6, 6.07) is 16.5. The molecule has 0 aliphatic heterocycles. The Morgan fingerprint density at radius 1 is 0.964 bits per heavy atom. The molecular weight excluding hydrogens is 374 g/mol. The van der Waals surface area contributed by atoms with Gasteiger partial charge in [0.25, 0.3) is 5.91 Å². The highest BCUT2D eigenvalue weighted by molar-refractivity contribution is 6.30. The Hall–Kier alpha value is -3.51. The molecule has 1 amide bonds. The van der Waals surface area contributed by atoms with Crippen molar-refractivity contribution in [3.05, 3.63) is 83.3 Å². The molecule has 7 heteroatoms. The van der Waals surface area contributed by atoms with Crippen molar-refractivity contribution in [2.75, 3.05) is 10.6 Å². The Morgan fingerprint density at radius 2 is 1.82 bits per heavy atom. The molecule has 4 aromatic rings. The number of nitrogens with zero attached hydrogens (tertiary/aromatic N) is 3. The van der Waals surface area contributed by atoms with Gasteiger partial charge in [0.1, 0.15) is 5.69 Å². The summed E-state index contributed by atoms with van der Waals surface area (Å²) in [5, 5.41) is 7.59. The first-order valence-corrected chi connectivity index (χ1v) is 8.99. The summed E-state index contributed by atoms with van der Waals surface area (Å²) in [6.45, 7) is 1.93. The predicted octanol–water partition coefficient (Wildman–Crippen LogP) is 4.98. The number of carbonyl (C=O) groups is 1. The first-order valence-electron chi connectivity index (χ1n) is 8.61. The number of fused-ring (bicyclic) bond motifs is 1. The molecule has 2 heterocycles. The van der Waals surface area contributed by atoms with Crippen LogP contribution in [0.3, 0.4) is 0 Å². The van der Waals surface area contributed by atoms with Crippen LogP contribution in [0.2, 0.25) is 5.02 Å². The Bertz CT molecular complexity index is 1170. The summed E-state index contributed by atoms with van der Waals surface area (Å²) in [7, 11) is 0. The molecule has 2 aromatic heterocycles. The molecule has 4 rings (SSSR count). The number of hydrogen-bond acceptors (Lipinski definition) is 5. The summed E-state index contributed by atoms with van der Waals surface area (Å²) >= 11 is 5.99. The number of pyridine rings is 1. The fraction of sp³-hybridized carbons (Fsp3) is 0.0476. The first kappa shape index (κ1) is 17.9. The van der Waals surface area contributed by atoms with Gasteiger partial charge in [-0.25, -0.2) is 9.97 Å². The summed E-state index contributed by atoms with van der Waals surface area (Å²) in [6.07, 6.45) is 3.23. The summed E-state index contributed by atoms with van der Waals surface area (Å²) < 4.78 is 0. The summed E-state index contributed by atoms with van der Waals surface area (Å²) in [5.41, 5.74) is 3.37. The van der Waals surface area contributed by atoms with Crippen LogP contribution in [0.15, 0.2) is 67.0 Å². The van der Waals surface area contributed by atoms with E-state index in [-0.39, 0.29) is 11.6 Å². The van der Waals surface area contributed by atoms with E-state index >= 15 is 0 Å². The second-order valence-electron chi connectivity index (χ2n) is 6.18. The second-order valence-corrected chi connectivity index (χ2v) is 6.62. The minimum Gasteiger partial charge on any atom is -0.324 e. The molecule has 0 aliphatic carbocycles. The van der Waals surface area contributed by atoms with Gasteiger partial charge in [0.05, 0.1) is 11.2 Å². The van der Waals surface area contributed by atoms with Crippen LogP contribution >= 0.6 is 11.6 Å². The largest absolute Gasteiger partial charge is 0.324 e. The lowest BCUT2D eigenvalue weighted by Gasteiger charge is -2.10. The van der Waals surface area contributed by atoms with Gasteiger partial charge in [-0.2, -0.15) is 0 Å². The number of rotatable bonds is 4. The van der Waals surface area contributed by atoms with Crippen molar-refractivity contribution >= 4 is 45.7 Å². The van der Waals surface area contributed by atoms with E-state index in [1.54, 1.807) is 18.3 Å². The van der Waals surface area contributed by atoms with Crippen LogP contribution in [0.5, 0.6) is 0 Å². The Labute approximate surface area is 166 Å². The molecule has 138 valence electrons. The third kappa shape index (κ3) is 3.77. The minimum absolute atomic E-state index is 0.247. The monoisotopic (exact) mass is 389 g/mol. The third-order valence-electron chi connectivity index (χ3n) is 4.20. The average Bonchev–Trinajstić information content (AvgIpc) is 2.71. The lowest BCUT2D eigenvalue weighted by molar-refractivity contribution is 0.102. The van der Waals surface area contributed by atoms with Gasteiger partial charge in [-0.3, -0.25) is 9.78 Å². The smallest absolute Gasteiger partial charge is 0.274 e. The topological polar surface area (TPSA) is 79.8 Å².